The first-order valence-electron chi connectivity index (χ1n) is 6.52. The number of aliphatic hydroxyl groups excluding tert-OH is 1. The largest absolute Gasteiger partial charge is 0.397 e. The van der Waals surface area contributed by atoms with Gasteiger partial charge in [0, 0.05) is 27.7 Å². The summed E-state index contributed by atoms with van der Waals surface area (Å²) in [4.78, 5) is 0.168. The van der Waals surface area contributed by atoms with Crippen molar-refractivity contribution < 1.29 is 18.3 Å². The quantitative estimate of drug-likeness (QED) is 0.597. The summed E-state index contributed by atoms with van der Waals surface area (Å²) in [6.07, 6.45) is -0.102. The molecule has 0 amide bonds. The number of methoxy groups -OCH3 is 1. The van der Waals surface area contributed by atoms with Crippen LogP contribution in [0.25, 0.3) is 0 Å². The third-order valence-electron chi connectivity index (χ3n) is 2.96. The zero-order valence-corrected chi connectivity index (χ0v) is 13.4. The van der Waals surface area contributed by atoms with Gasteiger partial charge in [0.25, 0.3) is 0 Å². The number of aliphatic hydroxyl groups is 1. The normalized spacial score (nSPS) is 13.4. The van der Waals surface area contributed by atoms with E-state index in [-0.39, 0.29) is 11.5 Å². The molecule has 0 fully saturated rings. The molecule has 0 saturated heterocycles. The van der Waals surface area contributed by atoms with Crippen LogP contribution in [0.4, 0.5) is 11.4 Å². The molecule has 0 spiro atoms. The lowest BCUT2D eigenvalue weighted by atomic mass is 10.2. The van der Waals surface area contributed by atoms with Crippen molar-refractivity contribution in [2.75, 3.05) is 45.4 Å². The number of ether oxygens (including phenoxy) is 1. The Morgan fingerprint density at radius 3 is 2.67 bits per heavy atom. The van der Waals surface area contributed by atoms with E-state index >= 15 is 0 Å². The summed E-state index contributed by atoms with van der Waals surface area (Å²) < 4.78 is 30.1. The van der Waals surface area contributed by atoms with E-state index in [1.165, 1.54) is 33.3 Å². The zero-order valence-electron chi connectivity index (χ0n) is 12.5. The topological polar surface area (TPSA) is 105 Å². The molecule has 4 N–H and O–H groups in total. The van der Waals surface area contributed by atoms with E-state index in [2.05, 4.69) is 5.32 Å². The van der Waals surface area contributed by atoms with E-state index < -0.39 is 16.1 Å². The maximum atomic E-state index is 12.1. The molecule has 1 atom stereocenters. The van der Waals surface area contributed by atoms with Crippen molar-refractivity contribution in [3.63, 3.8) is 0 Å². The smallest absolute Gasteiger partial charge is 0.242 e. The standard InChI is InChI=1S/C13H23N3O4S/c1-16(2)21(18,19)11-4-5-12(14)13(8-11)15-7-6-10(17)9-20-3/h4-5,8,10,15,17H,6-7,9,14H2,1-3H3. The number of anilines is 2. The van der Waals surface area contributed by atoms with Crippen LogP contribution in [-0.4, -0.2) is 58.3 Å². The van der Waals surface area contributed by atoms with Gasteiger partial charge in [-0.2, -0.15) is 0 Å². The number of benzene rings is 1. The number of sulfonamides is 1. The first-order chi connectivity index (χ1) is 9.78. The lowest BCUT2D eigenvalue weighted by molar-refractivity contribution is 0.0615. The van der Waals surface area contributed by atoms with Gasteiger partial charge in [-0.25, -0.2) is 12.7 Å². The van der Waals surface area contributed by atoms with E-state index in [9.17, 15) is 13.5 Å². The minimum absolute atomic E-state index is 0.168. The summed E-state index contributed by atoms with van der Waals surface area (Å²) in [5, 5.41) is 12.6. The Morgan fingerprint density at radius 2 is 2.10 bits per heavy atom. The van der Waals surface area contributed by atoms with Crippen LogP contribution >= 0.6 is 0 Å². The molecule has 8 heteroatoms. The molecule has 0 aliphatic heterocycles. The molecule has 120 valence electrons. The minimum Gasteiger partial charge on any atom is -0.397 e. The van der Waals surface area contributed by atoms with Crippen molar-refractivity contribution in [1.29, 1.82) is 0 Å². The minimum atomic E-state index is -3.50. The molecular formula is C13H23N3O4S. The average Bonchev–Trinajstić information content (AvgIpc) is 2.40. The maximum Gasteiger partial charge on any atom is 0.242 e. The highest BCUT2D eigenvalue weighted by molar-refractivity contribution is 7.89. The van der Waals surface area contributed by atoms with Gasteiger partial charge in [-0.05, 0) is 24.6 Å². The summed E-state index contributed by atoms with van der Waals surface area (Å²) in [7, 11) is 0.965. The number of nitrogens with two attached hydrogens (primary N) is 1. The third-order valence-corrected chi connectivity index (χ3v) is 4.77. The Kier molecular flexibility index (Phi) is 6.41. The summed E-state index contributed by atoms with van der Waals surface area (Å²) in [5.74, 6) is 0. The van der Waals surface area contributed by atoms with Gasteiger partial charge in [0.15, 0.2) is 0 Å². The second kappa shape index (κ2) is 7.60. The van der Waals surface area contributed by atoms with Gasteiger partial charge >= 0.3 is 0 Å². The van der Waals surface area contributed by atoms with Crippen LogP contribution in [0.2, 0.25) is 0 Å². The molecule has 0 aliphatic carbocycles. The molecule has 0 aliphatic rings. The number of nitrogens with one attached hydrogen (secondary N) is 1. The molecule has 0 heterocycles. The first kappa shape index (κ1) is 17.7. The highest BCUT2D eigenvalue weighted by atomic mass is 32.2. The predicted octanol–water partition coefficient (Wildman–Crippen LogP) is 0.328. The SMILES string of the molecule is COCC(O)CCNc1cc(S(=O)(=O)N(C)C)ccc1N. The molecule has 7 nitrogen and oxygen atoms in total. The molecule has 1 aromatic carbocycles. The van der Waals surface area contributed by atoms with E-state index in [0.29, 0.717) is 24.3 Å². The molecule has 1 aromatic rings. The van der Waals surface area contributed by atoms with Crippen LogP contribution in [0.3, 0.4) is 0 Å². The van der Waals surface area contributed by atoms with Gasteiger partial charge in [0.05, 0.1) is 29.0 Å². The first-order valence-corrected chi connectivity index (χ1v) is 7.96. The van der Waals surface area contributed by atoms with E-state index in [1.807, 2.05) is 0 Å². The van der Waals surface area contributed by atoms with E-state index in [0.717, 1.165) is 4.31 Å². The molecule has 1 rings (SSSR count). The second-order valence-electron chi connectivity index (χ2n) is 4.86. The van der Waals surface area contributed by atoms with Crippen molar-refractivity contribution in [2.45, 2.75) is 17.4 Å². The monoisotopic (exact) mass is 317 g/mol. The summed E-state index contributed by atoms with van der Waals surface area (Å²) >= 11 is 0. The molecule has 21 heavy (non-hydrogen) atoms. The lowest BCUT2D eigenvalue weighted by Gasteiger charge is -2.15. The Labute approximate surface area is 125 Å². The number of nitrogens with zero attached hydrogens (tertiary/aromatic N) is 1. The van der Waals surface area contributed by atoms with Crippen molar-refractivity contribution in [2.24, 2.45) is 0 Å². The molecule has 0 radical (unpaired) electrons. The fourth-order valence-electron chi connectivity index (χ4n) is 1.71. The molecule has 1 unspecified atom stereocenters. The van der Waals surface area contributed by atoms with Crippen molar-refractivity contribution >= 4 is 21.4 Å². The Morgan fingerprint density at radius 1 is 1.43 bits per heavy atom. The van der Waals surface area contributed by atoms with Crippen LogP contribution in [0.5, 0.6) is 0 Å². The fraction of sp³-hybridized carbons (Fsp3) is 0.538. The van der Waals surface area contributed by atoms with Crippen LogP contribution in [-0.2, 0) is 14.8 Å². The lowest BCUT2D eigenvalue weighted by Crippen LogP contribution is -2.22. The molecule has 0 saturated carbocycles. The third kappa shape index (κ3) is 4.85. The van der Waals surface area contributed by atoms with Crippen molar-refractivity contribution in [1.82, 2.24) is 4.31 Å². The second-order valence-corrected chi connectivity index (χ2v) is 7.01. The molecular weight excluding hydrogens is 294 g/mol. The van der Waals surface area contributed by atoms with Gasteiger partial charge in [-0.3, -0.25) is 0 Å². The highest BCUT2D eigenvalue weighted by Gasteiger charge is 2.18. The maximum absolute atomic E-state index is 12.1. The van der Waals surface area contributed by atoms with Crippen LogP contribution < -0.4 is 11.1 Å². The van der Waals surface area contributed by atoms with E-state index in [4.69, 9.17) is 10.5 Å². The predicted molar refractivity (Wildman–Crippen MR) is 82.7 cm³/mol. The number of hydrogen-bond donors (Lipinski definition) is 3. The highest BCUT2D eigenvalue weighted by Crippen LogP contribution is 2.24. The number of hydrogen-bond acceptors (Lipinski definition) is 6. The van der Waals surface area contributed by atoms with Gasteiger partial charge in [0.1, 0.15) is 0 Å². The fourth-order valence-corrected chi connectivity index (χ4v) is 2.64. The summed E-state index contributed by atoms with van der Waals surface area (Å²) in [6.45, 7) is 0.715. The van der Waals surface area contributed by atoms with Crippen molar-refractivity contribution in [3.8, 4) is 0 Å². The molecule has 0 aromatic heterocycles. The van der Waals surface area contributed by atoms with Crippen molar-refractivity contribution in [3.05, 3.63) is 18.2 Å². The Bertz CT molecular complexity index is 561. The Balaban J connectivity index is 2.80. The zero-order chi connectivity index (χ0) is 16.0. The van der Waals surface area contributed by atoms with Crippen LogP contribution in [0.15, 0.2) is 23.1 Å². The molecule has 0 bridgehead atoms. The van der Waals surface area contributed by atoms with Crippen LogP contribution in [0.1, 0.15) is 6.42 Å². The van der Waals surface area contributed by atoms with Gasteiger partial charge < -0.3 is 20.9 Å². The summed E-state index contributed by atoms with van der Waals surface area (Å²) in [6, 6.07) is 4.51. The average molecular weight is 317 g/mol. The number of nitrogen functional groups attached to an aromatic ring is 1. The van der Waals surface area contributed by atoms with Gasteiger partial charge in [0.2, 0.25) is 10.0 Å². The van der Waals surface area contributed by atoms with Gasteiger partial charge in [-0.1, -0.05) is 0 Å². The summed E-state index contributed by atoms with van der Waals surface area (Å²) in [5.41, 5.74) is 6.81. The Hall–Kier alpha value is -1.35. The van der Waals surface area contributed by atoms with E-state index in [1.54, 1.807) is 6.07 Å². The van der Waals surface area contributed by atoms with Crippen LogP contribution in [0, 0.1) is 0 Å². The van der Waals surface area contributed by atoms with Gasteiger partial charge in [-0.15, -0.1) is 0 Å². The number of rotatable bonds is 8.